The smallest absolute Gasteiger partial charge is 0.223 e. The molecule has 0 aliphatic carbocycles. The summed E-state index contributed by atoms with van der Waals surface area (Å²) < 4.78 is 26.0. The SMILES string of the molecule is Cc1cnn(CCNc2ncc(S(C)(=O)=O)c(C3CCCNC3)n2)c1.Cl. The van der Waals surface area contributed by atoms with E-state index in [-0.39, 0.29) is 23.2 Å². The maximum Gasteiger partial charge on any atom is 0.223 e. The fourth-order valence-electron chi connectivity index (χ4n) is 3.00. The highest BCUT2D eigenvalue weighted by Gasteiger charge is 2.25. The van der Waals surface area contributed by atoms with Gasteiger partial charge in [-0.1, -0.05) is 0 Å². The summed E-state index contributed by atoms with van der Waals surface area (Å²) in [5, 5.41) is 10.7. The van der Waals surface area contributed by atoms with Crippen LogP contribution in [-0.2, 0) is 16.4 Å². The number of sulfone groups is 1. The molecule has 1 atom stereocenters. The number of nitrogens with one attached hydrogen (secondary N) is 2. The Balaban J connectivity index is 0.00000243. The largest absolute Gasteiger partial charge is 0.352 e. The second kappa shape index (κ2) is 8.79. The van der Waals surface area contributed by atoms with Crippen LogP contribution in [-0.4, -0.2) is 54.1 Å². The number of aromatic nitrogens is 4. The van der Waals surface area contributed by atoms with E-state index in [1.54, 1.807) is 0 Å². The van der Waals surface area contributed by atoms with Crippen LogP contribution >= 0.6 is 12.4 Å². The van der Waals surface area contributed by atoms with Crippen molar-refractivity contribution in [1.82, 2.24) is 25.1 Å². The summed E-state index contributed by atoms with van der Waals surface area (Å²) in [6, 6.07) is 0. The van der Waals surface area contributed by atoms with Crippen molar-refractivity contribution in [2.24, 2.45) is 0 Å². The lowest BCUT2D eigenvalue weighted by Gasteiger charge is -2.24. The first-order valence-corrected chi connectivity index (χ1v) is 10.3. The fourth-order valence-corrected chi connectivity index (χ4v) is 3.84. The highest BCUT2D eigenvalue weighted by Crippen LogP contribution is 2.27. The molecule has 3 heterocycles. The van der Waals surface area contributed by atoms with Gasteiger partial charge >= 0.3 is 0 Å². The summed E-state index contributed by atoms with van der Waals surface area (Å²) in [5.41, 5.74) is 1.72. The molecular formula is C16H25ClN6O2S. The van der Waals surface area contributed by atoms with E-state index >= 15 is 0 Å². The summed E-state index contributed by atoms with van der Waals surface area (Å²) in [5.74, 6) is 0.549. The molecule has 0 saturated carbocycles. The standard InChI is InChI=1S/C16H24N6O2S.ClH/c1-12-8-20-22(11-12)7-6-18-16-19-10-14(25(2,23)24)15(21-16)13-4-3-5-17-9-13;/h8,10-11,13,17H,3-7,9H2,1-2H3,(H,18,19,21);1H. The van der Waals surface area contributed by atoms with Crippen molar-refractivity contribution in [3.8, 4) is 0 Å². The number of nitrogens with zero attached hydrogens (tertiary/aromatic N) is 4. The van der Waals surface area contributed by atoms with Crippen molar-refractivity contribution in [3.05, 3.63) is 29.8 Å². The van der Waals surface area contributed by atoms with Gasteiger partial charge in [-0.25, -0.2) is 18.4 Å². The molecule has 1 saturated heterocycles. The summed E-state index contributed by atoms with van der Waals surface area (Å²) in [6.07, 6.45) is 8.35. The fraction of sp³-hybridized carbons (Fsp3) is 0.562. The monoisotopic (exact) mass is 400 g/mol. The van der Waals surface area contributed by atoms with Crippen LogP contribution in [0.5, 0.6) is 0 Å². The molecule has 2 N–H and O–H groups in total. The van der Waals surface area contributed by atoms with E-state index in [2.05, 4.69) is 25.7 Å². The van der Waals surface area contributed by atoms with Gasteiger partial charge in [0.2, 0.25) is 5.95 Å². The molecule has 10 heteroatoms. The number of hydrogen-bond acceptors (Lipinski definition) is 7. The van der Waals surface area contributed by atoms with Crippen LogP contribution < -0.4 is 10.6 Å². The predicted octanol–water partition coefficient (Wildman–Crippen LogP) is 1.39. The van der Waals surface area contributed by atoms with Gasteiger partial charge in [-0.15, -0.1) is 12.4 Å². The molecule has 1 fully saturated rings. The Hall–Kier alpha value is -1.71. The zero-order valence-electron chi connectivity index (χ0n) is 15.0. The van der Waals surface area contributed by atoms with Crippen LogP contribution in [0.25, 0.3) is 0 Å². The topological polar surface area (TPSA) is 102 Å². The molecule has 0 amide bonds. The number of halogens is 1. The third kappa shape index (κ3) is 5.15. The molecule has 0 aromatic carbocycles. The average molecular weight is 401 g/mol. The minimum atomic E-state index is -3.35. The predicted molar refractivity (Wildman–Crippen MR) is 103 cm³/mol. The van der Waals surface area contributed by atoms with Gasteiger partial charge in [0.25, 0.3) is 0 Å². The van der Waals surface area contributed by atoms with Crippen molar-refractivity contribution in [2.45, 2.75) is 37.1 Å². The van der Waals surface area contributed by atoms with Gasteiger partial charge in [0.15, 0.2) is 9.84 Å². The Morgan fingerprint density at radius 2 is 2.19 bits per heavy atom. The van der Waals surface area contributed by atoms with Crippen molar-refractivity contribution < 1.29 is 8.42 Å². The zero-order chi connectivity index (χ0) is 17.9. The molecule has 0 bridgehead atoms. The van der Waals surface area contributed by atoms with E-state index in [4.69, 9.17) is 0 Å². The third-order valence-corrected chi connectivity index (χ3v) is 5.37. The van der Waals surface area contributed by atoms with E-state index in [9.17, 15) is 8.42 Å². The van der Waals surface area contributed by atoms with Crippen LogP contribution in [0.4, 0.5) is 5.95 Å². The summed E-state index contributed by atoms with van der Waals surface area (Å²) in [6.45, 7) is 5.00. The van der Waals surface area contributed by atoms with Crippen molar-refractivity contribution in [2.75, 3.05) is 31.2 Å². The maximum absolute atomic E-state index is 12.1. The molecule has 2 aromatic rings. The quantitative estimate of drug-likeness (QED) is 0.755. The van der Waals surface area contributed by atoms with Crippen molar-refractivity contribution in [3.63, 3.8) is 0 Å². The second-order valence-corrected chi connectivity index (χ2v) is 8.45. The second-order valence-electron chi connectivity index (χ2n) is 6.47. The zero-order valence-corrected chi connectivity index (χ0v) is 16.6. The maximum atomic E-state index is 12.1. The lowest BCUT2D eigenvalue weighted by atomic mass is 9.96. The van der Waals surface area contributed by atoms with E-state index in [1.165, 1.54) is 12.5 Å². The van der Waals surface area contributed by atoms with Crippen molar-refractivity contribution >= 4 is 28.2 Å². The Labute approximate surface area is 160 Å². The lowest BCUT2D eigenvalue weighted by Crippen LogP contribution is -2.30. The van der Waals surface area contributed by atoms with E-state index in [1.807, 2.05) is 24.0 Å². The van der Waals surface area contributed by atoms with Gasteiger partial charge in [0.1, 0.15) is 4.90 Å². The minimum Gasteiger partial charge on any atom is -0.352 e. The van der Waals surface area contributed by atoms with Crippen LogP contribution in [0.15, 0.2) is 23.5 Å². The lowest BCUT2D eigenvalue weighted by molar-refractivity contribution is 0.448. The first-order valence-electron chi connectivity index (χ1n) is 8.44. The Kier molecular flexibility index (Phi) is 6.96. The Morgan fingerprint density at radius 1 is 1.38 bits per heavy atom. The Bertz CT molecular complexity index is 833. The molecule has 8 nitrogen and oxygen atoms in total. The van der Waals surface area contributed by atoms with Crippen LogP contribution in [0.3, 0.4) is 0 Å². The van der Waals surface area contributed by atoms with Gasteiger partial charge in [-0.3, -0.25) is 4.68 Å². The van der Waals surface area contributed by atoms with Crippen LogP contribution in [0.2, 0.25) is 0 Å². The van der Waals surface area contributed by atoms with Crippen LogP contribution in [0.1, 0.15) is 30.0 Å². The normalized spacial score (nSPS) is 17.5. The number of piperidine rings is 1. The molecular weight excluding hydrogens is 376 g/mol. The van der Waals surface area contributed by atoms with Crippen LogP contribution in [0, 0.1) is 6.92 Å². The van der Waals surface area contributed by atoms with E-state index in [0.29, 0.717) is 24.7 Å². The van der Waals surface area contributed by atoms with Gasteiger partial charge < -0.3 is 10.6 Å². The first-order chi connectivity index (χ1) is 11.9. The molecule has 2 aromatic heterocycles. The molecule has 144 valence electrons. The van der Waals surface area contributed by atoms with Gasteiger partial charge in [0, 0.05) is 31.5 Å². The molecule has 1 aliphatic heterocycles. The van der Waals surface area contributed by atoms with E-state index < -0.39 is 9.84 Å². The first kappa shape index (κ1) is 20.6. The molecule has 26 heavy (non-hydrogen) atoms. The summed E-state index contributed by atoms with van der Waals surface area (Å²) in [4.78, 5) is 8.94. The highest BCUT2D eigenvalue weighted by atomic mass is 35.5. The third-order valence-electron chi connectivity index (χ3n) is 4.25. The van der Waals surface area contributed by atoms with Gasteiger partial charge in [-0.05, 0) is 31.9 Å². The van der Waals surface area contributed by atoms with E-state index in [0.717, 1.165) is 31.5 Å². The summed E-state index contributed by atoms with van der Waals surface area (Å²) >= 11 is 0. The number of aryl methyl sites for hydroxylation is 1. The molecule has 0 radical (unpaired) electrons. The molecule has 3 rings (SSSR count). The summed E-state index contributed by atoms with van der Waals surface area (Å²) in [7, 11) is -3.35. The highest BCUT2D eigenvalue weighted by molar-refractivity contribution is 7.90. The van der Waals surface area contributed by atoms with Gasteiger partial charge in [-0.2, -0.15) is 5.10 Å². The molecule has 1 aliphatic rings. The van der Waals surface area contributed by atoms with Gasteiger partial charge in [0.05, 0.1) is 24.6 Å². The molecule has 0 spiro atoms. The molecule has 1 unspecified atom stereocenters. The number of anilines is 1. The van der Waals surface area contributed by atoms with Crippen molar-refractivity contribution in [1.29, 1.82) is 0 Å². The minimum absolute atomic E-state index is 0. The number of rotatable bonds is 6. The average Bonchev–Trinajstić information content (AvgIpc) is 3.00. The Morgan fingerprint density at radius 3 is 2.81 bits per heavy atom. The number of hydrogen-bond donors (Lipinski definition) is 2.